The monoisotopic (exact) mass is 191 g/mol. The van der Waals surface area contributed by atoms with E-state index in [4.69, 9.17) is 9.84 Å². The van der Waals surface area contributed by atoms with Crippen molar-refractivity contribution >= 4 is 17.7 Å². The van der Waals surface area contributed by atoms with Gasteiger partial charge in [-0.3, -0.25) is 9.69 Å². The molecule has 5 heteroatoms. The van der Waals surface area contributed by atoms with Crippen LogP contribution in [0.2, 0.25) is 0 Å². The molecule has 1 fully saturated rings. The maximum Gasteiger partial charge on any atom is 0.321 e. The quantitative estimate of drug-likeness (QED) is 0.682. The predicted octanol–water partition coefficient (Wildman–Crippen LogP) is 0.0923. The summed E-state index contributed by atoms with van der Waals surface area (Å²) in [6.45, 7) is 1.31. The number of carboxylic acid groups (broad SMARTS) is 1. The maximum atomic E-state index is 10.7. The van der Waals surface area contributed by atoms with Crippen molar-refractivity contribution in [1.82, 2.24) is 4.90 Å². The molecule has 0 bridgehead atoms. The van der Waals surface area contributed by atoms with Gasteiger partial charge in [0.25, 0.3) is 0 Å². The van der Waals surface area contributed by atoms with Crippen LogP contribution in [0.4, 0.5) is 0 Å². The van der Waals surface area contributed by atoms with Crippen molar-refractivity contribution in [2.45, 2.75) is 6.04 Å². The first kappa shape index (κ1) is 9.83. The van der Waals surface area contributed by atoms with Crippen LogP contribution in [0.1, 0.15) is 0 Å². The summed E-state index contributed by atoms with van der Waals surface area (Å²) in [6.07, 6.45) is 0. The Bertz CT molecular complexity index is 165. The number of thioether (sulfide) groups is 1. The molecule has 1 N–H and O–H groups in total. The Labute approximate surface area is 75.9 Å². The van der Waals surface area contributed by atoms with E-state index in [0.29, 0.717) is 18.9 Å². The van der Waals surface area contributed by atoms with Gasteiger partial charge in [0.15, 0.2) is 0 Å². The predicted molar refractivity (Wildman–Crippen MR) is 47.3 cm³/mol. The normalized spacial score (nSPS) is 24.6. The summed E-state index contributed by atoms with van der Waals surface area (Å²) < 4.78 is 4.89. The fourth-order valence-electron chi connectivity index (χ4n) is 1.13. The average molecular weight is 191 g/mol. The van der Waals surface area contributed by atoms with E-state index in [1.54, 1.807) is 18.9 Å². The van der Waals surface area contributed by atoms with E-state index in [1.165, 1.54) is 0 Å². The third-order valence-corrected chi connectivity index (χ3v) is 2.91. The van der Waals surface area contributed by atoms with Crippen molar-refractivity contribution in [3.8, 4) is 0 Å². The highest BCUT2D eigenvalue weighted by Gasteiger charge is 2.30. The van der Waals surface area contributed by atoms with E-state index >= 15 is 0 Å². The number of ether oxygens (including phenoxy) is 1. The minimum absolute atomic E-state index is 0.315. The van der Waals surface area contributed by atoms with Gasteiger partial charge < -0.3 is 9.84 Å². The Morgan fingerprint density at radius 2 is 2.58 bits per heavy atom. The zero-order valence-corrected chi connectivity index (χ0v) is 7.84. The van der Waals surface area contributed by atoms with Crippen molar-refractivity contribution in [3.63, 3.8) is 0 Å². The number of methoxy groups -OCH3 is 1. The van der Waals surface area contributed by atoms with Crippen LogP contribution in [0.3, 0.4) is 0 Å². The highest BCUT2D eigenvalue weighted by atomic mass is 32.2. The van der Waals surface area contributed by atoms with E-state index in [1.807, 2.05) is 4.90 Å². The van der Waals surface area contributed by atoms with Crippen molar-refractivity contribution in [3.05, 3.63) is 0 Å². The SMILES string of the molecule is COCCN1CSC[C@H]1C(=O)O. The molecule has 12 heavy (non-hydrogen) atoms. The van der Waals surface area contributed by atoms with Crippen LogP contribution in [0.15, 0.2) is 0 Å². The Morgan fingerprint density at radius 1 is 1.83 bits per heavy atom. The lowest BCUT2D eigenvalue weighted by Crippen LogP contribution is -2.39. The third kappa shape index (κ3) is 2.36. The molecule has 0 aromatic carbocycles. The second kappa shape index (κ2) is 4.69. The first-order valence-electron chi connectivity index (χ1n) is 3.79. The van der Waals surface area contributed by atoms with E-state index in [2.05, 4.69) is 0 Å². The van der Waals surface area contributed by atoms with E-state index in [9.17, 15) is 4.79 Å². The highest BCUT2D eigenvalue weighted by molar-refractivity contribution is 7.99. The summed E-state index contributed by atoms with van der Waals surface area (Å²) in [5, 5.41) is 8.79. The smallest absolute Gasteiger partial charge is 0.321 e. The zero-order chi connectivity index (χ0) is 8.97. The van der Waals surface area contributed by atoms with Crippen LogP contribution in [-0.4, -0.2) is 53.9 Å². The second-order valence-electron chi connectivity index (χ2n) is 2.66. The number of aliphatic carboxylic acids is 1. The molecule has 1 saturated heterocycles. The van der Waals surface area contributed by atoms with Crippen LogP contribution in [0, 0.1) is 0 Å². The fraction of sp³-hybridized carbons (Fsp3) is 0.857. The van der Waals surface area contributed by atoms with Crippen molar-refractivity contribution in [2.75, 3.05) is 31.9 Å². The molecule has 0 aromatic rings. The summed E-state index contributed by atoms with van der Waals surface area (Å²) in [4.78, 5) is 12.6. The molecule has 0 spiro atoms. The van der Waals surface area contributed by atoms with Gasteiger partial charge in [-0.05, 0) is 0 Å². The van der Waals surface area contributed by atoms with E-state index in [0.717, 1.165) is 5.88 Å². The fourth-order valence-corrected chi connectivity index (χ4v) is 2.36. The summed E-state index contributed by atoms with van der Waals surface area (Å²) in [5.41, 5.74) is 0. The van der Waals surface area contributed by atoms with E-state index in [-0.39, 0.29) is 6.04 Å². The van der Waals surface area contributed by atoms with Gasteiger partial charge in [-0.2, -0.15) is 0 Å². The van der Waals surface area contributed by atoms with Crippen LogP contribution < -0.4 is 0 Å². The van der Waals surface area contributed by atoms with Gasteiger partial charge in [0.2, 0.25) is 0 Å². The molecule has 4 nitrogen and oxygen atoms in total. The molecular formula is C7H13NO3S. The summed E-state index contributed by atoms with van der Waals surface area (Å²) >= 11 is 1.66. The molecule has 1 aliphatic heterocycles. The minimum atomic E-state index is -0.726. The minimum Gasteiger partial charge on any atom is -0.480 e. The first-order valence-corrected chi connectivity index (χ1v) is 4.94. The standard InChI is InChI=1S/C7H13NO3S/c1-11-3-2-8-5-12-4-6(8)7(9)10/h6H,2-5H2,1H3,(H,9,10)/t6-/m0/s1. The van der Waals surface area contributed by atoms with Crippen molar-refractivity contribution in [2.24, 2.45) is 0 Å². The van der Waals surface area contributed by atoms with Gasteiger partial charge in [-0.1, -0.05) is 0 Å². The van der Waals surface area contributed by atoms with Crippen LogP contribution in [0.25, 0.3) is 0 Å². The number of carboxylic acids is 1. The Balaban J connectivity index is 2.35. The summed E-state index contributed by atoms with van der Waals surface area (Å²) in [5.74, 6) is 0.774. The number of hydrogen-bond donors (Lipinski definition) is 1. The molecule has 0 aromatic heterocycles. The molecular weight excluding hydrogens is 178 g/mol. The van der Waals surface area contributed by atoms with Gasteiger partial charge in [-0.15, -0.1) is 11.8 Å². The van der Waals surface area contributed by atoms with Crippen molar-refractivity contribution in [1.29, 1.82) is 0 Å². The molecule has 0 saturated carbocycles. The molecule has 1 atom stereocenters. The van der Waals surface area contributed by atoms with Crippen LogP contribution in [0.5, 0.6) is 0 Å². The van der Waals surface area contributed by atoms with Crippen molar-refractivity contribution < 1.29 is 14.6 Å². The lowest BCUT2D eigenvalue weighted by molar-refractivity contribution is -0.141. The molecule has 0 amide bonds. The number of rotatable bonds is 4. The van der Waals surface area contributed by atoms with E-state index < -0.39 is 5.97 Å². The van der Waals surface area contributed by atoms with Gasteiger partial charge in [0.1, 0.15) is 6.04 Å². The lowest BCUT2D eigenvalue weighted by atomic mass is 10.3. The Hall–Kier alpha value is -0.260. The third-order valence-electron chi connectivity index (χ3n) is 1.84. The highest BCUT2D eigenvalue weighted by Crippen LogP contribution is 2.20. The largest absolute Gasteiger partial charge is 0.480 e. The number of carbonyl (C=O) groups is 1. The molecule has 0 unspecified atom stereocenters. The average Bonchev–Trinajstić information content (AvgIpc) is 2.48. The second-order valence-corrected chi connectivity index (χ2v) is 3.66. The Morgan fingerprint density at radius 3 is 3.17 bits per heavy atom. The zero-order valence-electron chi connectivity index (χ0n) is 7.02. The first-order chi connectivity index (χ1) is 5.75. The van der Waals surface area contributed by atoms with Gasteiger partial charge in [0, 0.05) is 25.3 Å². The maximum absolute atomic E-state index is 10.7. The molecule has 1 aliphatic rings. The van der Waals surface area contributed by atoms with Gasteiger partial charge in [-0.25, -0.2) is 0 Å². The summed E-state index contributed by atoms with van der Waals surface area (Å²) in [7, 11) is 1.62. The number of hydrogen-bond acceptors (Lipinski definition) is 4. The molecule has 70 valence electrons. The van der Waals surface area contributed by atoms with Gasteiger partial charge in [0.05, 0.1) is 6.61 Å². The Kier molecular flexibility index (Phi) is 3.84. The molecule has 1 heterocycles. The van der Waals surface area contributed by atoms with Crippen LogP contribution in [-0.2, 0) is 9.53 Å². The lowest BCUT2D eigenvalue weighted by Gasteiger charge is -2.18. The molecule has 1 rings (SSSR count). The number of nitrogens with zero attached hydrogens (tertiary/aromatic N) is 1. The topological polar surface area (TPSA) is 49.8 Å². The summed E-state index contributed by atoms with van der Waals surface area (Å²) in [6, 6.07) is -0.315. The molecule has 0 radical (unpaired) electrons. The van der Waals surface area contributed by atoms with Gasteiger partial charge >= 0.3 is 5.97 Å². The molecule has 0 aliphatic carbocycles. The van der Waals surface area contributed by atoms with Crippen LogP contribution >= 0.6 is 11.8 Å².